The highest BCUT2D eigenvalue weighted by Gasteiger charge is 2.27. The number of ether oxygens (including phenoxy) is 1. The number of nitrogen functional groups attached to an aromatic ring is 1. The Kier molecular flexibility index (Phi) is 4.94. The number of sulfonamides is 1. The van der Waals surface area contributed by atoms with Crippen molar-refractivity contribution in [3.63, 3.8) is 0 Å². The lowest BCUT2D eigenvalue weighted by molar-refractivity contribution is 0.324. The molecule has 154 valence electrons. The van der Waals surface area contributed by atoms with Gasteiger partial charge in [0.05, 0.1) is 29.3 Å². The van der Waals surface area contributed by atoms with Gasteiger partial charge in [-0.3, -0.25) is 4.72 Å². The Morgan fingerprint density at radius 3 is 2.38 bits per heavy atom. The monoisotopic (exact) mass is 413 g/mol. The molecule has 0 radical (unpaired) electrons. The molecule has 3 N–H and O–H groups in total. The minimum atomic E-state index is -3.38. The van der Waals surface area contributed by atoms with Crippen LogP contribution in [0, 0.1) is 0 Å². The van der Waals surface area contributed by atoms with Gasteiger partial charge in [0.15, 0.2) is 0 Å². The second-order valence-corrected chi connectivity index (χ2v) is 10.1. The first-order valence-electron chi connectivity index (χ1n) is 9.91. The molecule has 29 heavy (non-hydrogen) atoms. The van der Waals surface area contributed by atoms with Crippen molar-refractivity contribution in [3.05, 3.63) is 42.5 Å². The van der Waals surface area contributed by atoms with Gasteiger partial charge in [0.25, 0.3) is 0 Å². The lowest BCUT2D eigenvalue weighted by atomic mass is 9.92. The molecule has 0 amide bonds. The van der Waals surface area contributed by atoms with Crippen molar-refractivity contribution in [2.24, 2.45) is 0 Å². The Hall–Kier alpha value is -2.67. The Bertz CT molecular complexity index is 1140. The number of rotatable bonds is 6. The van der Waals surface area contributed by atoms with Crippen LogP contribution in [0.2, 0.25) is 0 Å². The van der Waals surface area contributed by atoms with Gasteiger partial charge in [0.2, 0.25) is 10.0 Å². The van der Waals surface area contributed by atoms with Gasteiger partial charge in [-0.1, -0.05) is 12.1 Å². The van der Waals surface area contributed by atoms with E-state index in [1.807, 2.05) is 24.3 Å². The van der Waals surface area contributed by atoms with Crippen LogP contribution in [0.5, 0.6) is 5.75 Å². The third kappa shape index (κ3) is 3.44. The summed E-state index contributed by atoms with van der Waals surface area (Å²) in [4.78, 5) is 0. The Morgan fingerprint density at radius 2 is 1.83 bits per heavy atom. The van der Waals surface area contributed by atoms with E-state index < -0.39 is 15.3 Å². The fourth-order valence-corrected chi connectivity index (χ4v) is 4.44. The maximum Gasteiger partial charge on any atom is 0.235 e. The standard InChI is InChI=1S/C22H27N3O3S/c1-14(2)29(26,27)24-16-9-7-15(8-10-16)22-21(23)19-13-18(28-3)11-12-20(19)25(22)17-5-4-6-17/h7-14,17,24H,4-6,23H2,1-3H3. The third-order valence-electron chi connectivity index (χ3n) is 5.73. The smallest absolute Gasteiger partial charge is 0.235 e. The summed E-state index contributed by atoms with van der Waals surface area (Å²) in [6.45, 7) is 3.31. The summed E-state index contributed by atoms with van der Waals surface area (Å²) in [6.07, 6.45) is 3.48. The van der Waals surface area contributed by atoms with E-state index in [0.29, 0.717) is 11.7 Å². The van der Waals surface area contributed by atoms with Crippen molar-refractivity contribution in [3.8, 4) is 17.0 Å². The number of fused-ring (bicyclic) bond motifs is 1. The lowest BCUT2D eigenvalue weighted by Gasteiger charge is -2.30. The summed E-state index contributed by atoms with van der Waals surface area (Å²) in [6, 6.07) is 13.9. The third-order valence-corrected chi connectivity index (χ3v) is 7.49. The van der Waals surface area contributed by atoms with Gasteiger partial charge >= 0.3 is 0 Å². The normalized spacial score (nSPS) is 14.9. The highest BCUT2D eigenvalue weighted by atomic mass is 32.2. The zero-order valence-electron chi connectivity index (χ0n) is 17.0. The van der Waals surface area contributed by atoms with Crippen molar-refractivity contribution in [2.45, 2.75) is 44.4 Å². The Morgan fingerprint density at radius 1 is 1.14 bits per heavy atom. The summed E-state index contributed by atoms with van der Waals surface area (Å²) in [7, 11) is -1.72. The highest BCUT2D eigenvalue weighted by molar-refractivity contribution is 7.93. The molecule has 7 heteroatoms. The Labute approximate surface area is 171 Å². The fraction of sp³-hybridized carbons (Fsp3) is 0.364. The van der Waals surface area contributed by atoms with Gasteiger partial charge in [0.1, 0.15) is 5.75 Å². The lowest BCUT2D eigenvalue weighted by Crippen LogP contribution is -2.22. The van der Waals surface area contributed by atoms with E-state index in [2.05, 4.69) is 15.4 Å². The van der Waals surface area contributed by atoms with Crippen LogP contribution in [-0.4, -0.2) is 25.3 Å². The van der Waals surface area contributed by atoms with Crippen LogP contribution < -0.4 is 15.2 Å². The maximum absolute atomic E-state index is 12.1. The van der Waals surface area contributed by atoms with Crippen molar-refractivity contribution in [1.29, 1.82) is 0 Å². The molecule has 3 aromatic rings. The van der Waals surface area contributed by atoms with Gasteiger partial charge in [0, 0.05) is 22.7 Å². The first kappa shape index (κ1) is 19.6. The van der Waals surface area contributed by atoms with Crippen LogP contribution in [0.25, 0.3) is 22.2 Å². The van der Waals surface area contributed by atoms with Crippen molar-refractivity contribution < 1.29 is 13.2 Å². The second kappa shape index (κ2) is 7.30. The quantitative estimate of drug-likeness (QED) is 0.609. The molecule has 1 aliphatic rings. The number of methoxy groups -OCH3 is 1. The van der Waals surface area contributed by atoms with Crippen molar-refractivity contribution in [2.75, 3.05) is 17.6 Å². The molecule has 6 nitrogen and oxygen atoms in total. The topological polar surface area (TPSA) is 86.3 Å². The van der Waals surface area contributed by atoms with Gasteiger partial charge < -0.3 is 15.0 Å². The molecular formula is C22H27N3O3S. The van der Waals surface area contributed by atoms with Gasteiger partial charge in [-0.05, 0) is 63.4 Å². The Balaban J connectivity index is 1.80. The summed E-state index contributed by atoms with van der Waals surface area (Å²) in [5, 5.41) is 0.491. The van der Waals surface area contributed by atoms with Crippen LogP contribution in [0.3, 0.4) is 0 Å². The highest BCUT2D eigenvalue weighted by Crippen LogP contribution is 2.44. The van der Waals surface area contributed by atoms with E-state index in [4.69, 9.17) is 10.5 Å². The minimum Gasteiger partial charge on any atom is -0.497 e. The van der Waals surface area contributed by atoms with Gasteiger partial charge in [-0.2, -0.15) is 0 Å². The van der Waals surface area contributed by atoms with Gasteiger partial charge in [-0.15, -0.1) is 0 Å². The number of nitrogens with one attached hydrogen (secondary N) is 1. The number of aromatic nitrogens is 1. The molecule has 1 heterocycles. The van der Waals surface area contributed by atoms with E-state index in [9.17, 15) is 8.42 Å². The van der Waals surface area contributed by atoms with E-state index >= 15 is 0 Å². The first-order chi connectivity index (χ1) is 13.8. The van der Waals surface area contributed by atoms with E-state index in [1.54, 1.807) is 33.1 Å². The van der Waals surface area contributed by atoms with Gasteiger partial charge in [-0.25, -0.2) is 8.42 Å². The predicted octanol–water partition coefficient (Wildman–Crippen LogP) is 4.77. The second-order valence-electron chi connectivity index (χ2n) is 7.87. The average molecular weight is 414 g/mol. The number of benzene rings is 2. The van der Waals surface area contributed by atoms with E-state index in [1.165, 1.54) is 6.42 Å². The molecular weight excluding hydrogens is 386 g/mol. The molecule has 0 bridgehead atoms. The summed E-state index contributed by atoms with van der Waals surface area (Å²) in [5.41, 5.74) is 10.9. The molecule has 1 saturated carbocycles. The molecule has 0 aliphatic heterocycles. The van der Waals surface area contributed by atoms with Crippen LogP contribution in [-0.2, 0) is 10.0 Å². The summed E-state index contributed by atoms with van der Waals surface area (Å²) >= 11 is 0. The molecule has 0 spiro atoms. The number of hydrogen-bond donors (Lipinski definition) is 2. The first-order valence-corrected chi connectivity index (χ1v) is 11.5. The van der Waals surface area contributed by atoms with Crippen molar-refractivity contribution >= 4 is 32.3 Å². The van der Waals surface area contributed by atoms with E-state index in [-0.39, 0.29) is 0 Å². The molecule has 4 rings (SSSR count). The number of hydrogen-bond acceptors (Lipinski definition) is 4. The number of nitrogens with zero attached hydrogens (tertiary/aromatic N) is 1. The average Bonchev–Trinajstić information content (AvgIpc) is 2.93. The van der Waals surface area contributed by atoms with Crippen LogP contribution in [0.15, 0.2) is 42.5 Å². The molecule has 0 saturated heterocycles. The fourth-order valence-electron chi connectivity index (χ4n) is 3.74. The number of anilines is 2. The molecule has 0 unspecified atom stereocenters. The zero-order chi connectivity index (χ0) is 20.8. The SMILES string of the molecule is COc1ccc2c(c1)c(N)c(-c1ccc(NS(=O)(=O)C(C)C)cc1)n2C1CCC1. The van der Waals surface area contributed by atoms with Crippen LogP contribution in [0.4, 0.5) is 11.4 Å². The van der Waals surface area contributed by atoms with Crippen LogP contribution >= 0.6 is 0 Å². The molecule has 1 aliphatic carbocycles. The zero-order valence-corrected chi connectivity index (χ0v) is 17.8. The van der Waals surface area contributed by atoms with Crippen LogP contribution in [0.1, 0.15) is 39.2 Å². The summed E-state index contributed by atoms with van der Waals surface area (Å²) < 4.78 is 34.6. The van der Waals surface area contributed by atoms with Crippen molar-refractivity contribution in [1.82, 2.24) is 4.57 Å². The molecule has 2 aromatic carbocycles. The molecule has 1 aromatic heterocycles. The predicted molar refractivity (Wildman–Crippen MR) is 119 cm³/mol. The van der Waals surface area contributed by atoms with E-state index in [0.717, 1.165) is 46.4 Å². The summed E-state index contributed by atoms with van der Waals surface area (Å²) in [5.74, 6) is 0.778. The maximum atomic E-state index is 12.1. The minimum absolute atomic E-state index is 0.428. The molecule has 1 fully saturated rings. The largest absolute Gasteiger partial charge is 0.497 e. The molecule has 0 atom stereocenters. The number of nitrogens with two attached hydrogens (primary N) is 1.